The molecule has 11 heteroatoms. The van der Waals surface area contributed by atoms with Crippen LogP contribution >= 0.6 is 10.8 Å². The Morgan fingerprint density at radius 2 is 1.95 bits per heavy atom. The van der Waals surface area contributed by atoms with Crippen LogP contribution in [0.2, 0.25) is 0 Å². The molecule has 2 aliphatic heterocycles. The Kier molecular flexibility index (Phi) is 7.23. The average Bonchev–Trinajstić information content (AvgIpc) is 3.23. The Hall–Kier alpha value is -3.51. The van der Waals surface area contributed by atoms with Crippen molar-refractivity contribution < 1.29 is 19.0 Å². The van der Waals surface area contributed by atoms with Crippen LogP contribution in [0, 0.1) is 13.8 Å². The minimum Gasteiger partial charge on any atom is -0.481 e. The van der Waals surface area contributed by atoms with E-state index in [-0.39, 0.29) is 12.5 Å². The van der Waals surface area contributed by atoms with E-state index >= 15 is 0 Å². The molecule has 2 atom stereocenters. The van der Waals surface area contributed by atoms with Gasteiger partial charge in [0.15, 0.2) is 11.5 Å². The normalized spacial score (nSPS) is 20.2. The van der Waals surface area contributed by atoms with Gasteiger partial charge in [0.25, 0.3) is 0 Å². The molecular formula is C30H36N6O4S. The average molecular weight is 577 g/mol. The van der Waals surface area contributed by atoms with Gasteiger partial charge in [0.1, 0.15) is 4.90 Å². The quantitative estimate of drug-likeness (QED) is 0.273. The van der Waals surface area contributed by atoms with Crippen LogP contribution in [0.25, 0.3) is 11.0 Å². The van der Waals surface area contributed by atoms with Crippen LogP contribution in [0.3, 0.4) is 0 Å². The summed E-state index contributed by atoms with van der Waals surface area (Å²) >= 11 is 0. The third-order valence-electron chi connectivity index (χ3n) is 8.51. The molecule has 4 aromatic rings. The van der Waals surface area contributed by atoms with Crippen LogP contribution in [-0.2, 0) is 18.4 Å². The summed E-state index contributed by atoms with van der Waals surface area (Å²) in [7, 11) is -1.42. The first-order valence-corrected chi connectivity index (χ1v) is 15.5. The third kappa shape index (κ3) is 5.07. The van der Waals surface area contributed by atoms with Crippen molar-refractivity contribution in [3.05, 3.63) is 76.7 Å². The molecule has 3 N–H and O–H groups in total. The monoisotopic (exact) mass is 576 g/mol. The number of anilines is 1. The first-order chi connectivity index (χ1) is 19.6. The topological polar surface area (TPSA) is 128 Å². The minimum atomic E-state index is -3.31. The maximum atomic E-state index is 12.1. The Labute approximate surface area is 241 Å². The number of aryl methyl sites for hydroxylation is 3. The summed E-state index contributed by atoms with van der Waals surface area (Å²) in [5, 5.41) is 19.3. The van der Waals surface area contributed by atoms with Crippen molar-refractivity contribution in [2.75, 3.05) is 18.0 Å². The molecule has 2 aliphatic rings. The van der Waals surface area contributed by atoms with E-state index in [1.165, 1.54) is 0 Å². The molecule has 1 aromatic carbocycles. The van der Waals surface area contributed by atoms with Crippen molar-refractivity contribution in [3.8, 4) is 0 Å². The van der Waals surface area contributed by atoms with Gasteiger partial charge in [0.2, 0.25) is 0 Å². The second-order valence-electron chi connectivity index (χ2n) is 11.2. The van der Waals surface area contributed by atoms with Gasteiger partial charge in [-0.2, -0.15) is 9.40 Å². The summed E-state index contributed by atoms with van der Waals surface area (Å²) < 4.78 is 27.1. The molecule has 3 aromatic heterocycles. The van der Waals surface area contributed by atoms with E-state index < -0.39 is 22.7 Å². The van der Waals surface area contributed by atoms with Gasteiger partial charge in [0, 0.05) is 55.9 Å². The van der Waals surface area contributed by atoms with Gasteiger partial charge in [-0.05, 0) is 74.1 Å². The van der Waals surface area contributed by atoms with Gasteiger partial charge in [-0.3, -0.25) is 13.9 Å². The Morgan fingerprint density at radius 1 is 1.12 bits per heavy atom. The van der Waals surface area contributed by atoms with Crippen LogP contribution < -0.4 is 4.90 Å². The van der Waals surface area contributed by atoms with Crippen LogP contribution in [0.15, 0.2) is 53.6 Å². The predicted molar refractivity (Wildman–Crippen MR) is 159 cm³/mol. The van der Waals surface area contributed by atoms with Gasteiger partial charge in [-0.15, -0.1) is 15.9 Å². The first-order valence-electron chi connectivity index (χ1n) is 14.0. The first kappa shape index (κ1) is 27.6. The van der Waals surface area contributed by atoms with E-state index in [2.05, 4.69) is 20.1 Å². The summed E-state index contributed by atoms with van der Waals surface area (Å²) in [6, 6.07) is 13.6. The zero-order chi connectivity index (χ0) is 28.9. The van der Waals surface area contributed by atoms with Gasteiger partial charge >= 0.3 is 5.97 Å². The number of carboxylic acids is 1. The van der Waals surface area contributed by atoms with Crippen LogP contribution in [-0.4, -0.2) is 63.4 Å². The van der Waals surface area contributed by atoms with E-state index in [9.17, 15) is 19.0 Å². The smallest absolute Gasteiger partial charge is 0.304 e. The summed E-state index contributed by atoms with van der Waals surface area (Å²) in [5.74, 6) is -0.650. The highest BCUT2D eigenvalue weighted by molar-refractivity contribution is 8.22. The molecule has 5 heterocycles. The van der Waals surface area contributed by atoms with Crippen molar-refractivity contribution in [3.63, 3.8) is 0 Å². The summed E-state index contributed by atoms with van der Waals surface area (Å²) in [5.41, 5.74) is 5.14. The molecule has 1 unspecified atom stereocenters. The number of hydrogen-bond acceptors (Lipinski definition) is 8. The van der Waals surface area contributed by atoms with E-state index in [4.69, 9.17) is 0 Å². The number of carbonyl (C=O) groups is 1. The maximum Gasteiger partial charge on any atom is 0.304 e. The molecule has 10 nitrogen and oxygen atoms in total. The molecular weight excluding hydrogens is 540 g/mol. The number of aliphatic carboxylic acids is 1. The number of fused-ring (bicyclic) bond motifs is 4. The Bertz CT molecular complexity index is 1620. The van der Waals surface area contributed by atoms with Crippen LogP contribution in [0.1, 0.15) is 59.7 Å². The van der Waals surface area contributed by atoms with Crippen molar-refractivity contribution in [1.82, 2.24) is 24.1 Å². The zero-order valence-corrected chi connectivity index (χ0v) is 24.4. The highest BCUT2D eigenvalue weighted by Gasteiger charge is 2.39. The number of rotatable bonds is 6. The van der Waals surface area contributed by atoms with Gasteiger partial charge in [-0.1, -0.05) is 18.2 Å². The van der Waals surface area contributed by atoms with Crippen LogP contribution in [0.4, 0.5) is 5.82 Å². The molecule has 1 saturated heterocycles. The number of carboxylic acid groups (broad SMARTS) is 1. The summed E-state index contributed by atoms with van der Waals surface area (Å²) in [6.07, 6.45) is 4.73. The minimum absolute atomic E-state index is 0.0892. The number of piperidine rings is 1. The number of benzene rings is 1. The highest BCUT2D eigenvalue weighted by Crippen LogP contribution is 2.57. The number of hydrogen-bond donors (Lipinski definition) is 3. The molecule has 0 amide bonds. The van der Waals surface area contributed by atoms with Gasteiger partial charge in [-0.25, -0.2) is 4.98 Å². The van der Waals surface area contributed by atoms with E-state index in [0.29, 0.717) is 29.5 Å². The van der Waals surface area contributed by atoms with Crippen molar-refractivity contribution in [2.24, 2.45) is 7.05 Å². The lowest BCUT2D eigenvalue weighted by Crippen LogP contribution is -2.45. The lowest BCUT2D eigenvalue weighted by molar-refractivity contribution is -0.137. The number of nitrogens with zero attached hydrogens (tertiary/aromatic N) is 6. The number of aromatic nitrogens is 4. The van der Waals surface area contributed by atoms with E-state index in [1.807, 2.05) is 55.8 Å². The second-order valence-corrected chi connectivity index (χ2v) is 13.2. The lowest BCUT2D eigenvalue weighted by atomic mass is 9.89. The second kappa shape index (κ2) is 10.7. The predicted octanol–water partition coefficient (Wildman–Crippen LogP) is 5.49. The molecule has 6 rings (SSSR count). The fourth-order valence-corrected chi connectivity index (χ4v) is 7.99. The van der Waals surface area contributed by atoms with Gasteiger partial charge in [0.05, 0.1) is 12.1 Å². The van der Waals surface area contributed by atoms with Crippen molar-refractivity contribution in [2.45, 2.75) is 62.9 Å². The largest absolute Gasteiger partial charge is 0.481 e. The van der Waals surface area contributed by atoms with Gasteiger partial charge < -0.3 is 14.6 Å². The SMILES string of the molecule is Cc1cc2cc(C(CC(=O)O)c3ccc(C)c(CN4C[C@H]5CCCCN5c5ncccc5S4(O)O)c3)n(C)c2nn1. The van der Waals surface area contributed by atoms with Crippen molar-refractivity contribution >= 4 is 33.6 Å². The third-order valence-corrected chi connectivity index (χ3v) is 10.4. The number of pyridine rings is 1. The maximum absolute atomic E-state index is 12.1. The Balaban J connectivity index is 1.39. The van der Waals surface area contributed by atoms with E-state index in [0.717, 1.165) is 59.3 Å². The molecule has 41 heavy (non-hydrogen) atoms. The fourth-order valence-electron chi connectivity index (χ4n) is 6.33. The molecule has 0 aliphatic carbocycles. The molecule has 0 bridgehead atoms. The molecule has 1 fully saturated rings. The Morgan fingerprint density at radius 3 is 2.76 bits per heavy atom. The molecule has 0 saturated carbocycles. The van der Waals surface area contributed by atoms with E-state index in [1.54, 1.807) is 22.6 Å². The molecule has 0 radical (unpaired) electrons. The van der Waals surface area contributed by atoms with Crippen LogP contribution in [0.5, 0.6) is 0 Å². The summed E-state index contributed by atoms with van der Waals surface area (Å²) in [4.78, 5) is 19.3. The lowest BCUT2D eigenvalue weighted by Gasteiger charge is -2.42. The standard InChI is InChI=1S/C30H36N6O4S/c1-19-9-10-21(25(16-28(37)38)26-15-22-13-20(2)32-33-29(22)34(26)3)14-23(19)17-35-18-24-7-4-5-12-36(24)30-27(41(35,39)40)8-6-11-31-30/h6,8-11,13-15,24-25,39-40H,4-5,7,12,16-18H2,1-3H3,(H,37,38)/t24-,25?/m1/s1. The van der Waals surface area contributed by atoms with Crippen molar-refractivity contribution in [1.29, 1.82) is 0 Å². The zero-order valence-electron chi connectivity index (χ0n) is 23.6. The summed E-state index contributed by atoms with van der Waals surface area (Å²) in [6.45, 7) is 5.56. The molecule has 0 spiro atoms. The molecule has 216 valence electrons. The highest BCUT2D eigenvalue weighted by atomic mass is 32.3. The fraction of sp³-hybridized carbons (Fsp3) is 0.400.